The molecule has 0 aliphatic heterocycles. The van der Waals surface area contributed by atoms with Gasteiger partial charge in [0.05, 0.1) is 23.6 Å². The molecule has 23 heavy (non-hydrogen) atoms. The van der Waals surface area contributed by atoms with Crippen molar-refractivity contribution in [2.75, 3.05) is 6.61 Å². The van der Waals surface area contributed by atoms with Crippen molar-refractivity contribution in [1.82, 2.24) is 15.4 Å². The first-order valence-corrected chi connectivity index (χ1v) is 6.95. The third-order valence-corrected chi connectivity index (χ3v) is 3.31. The van der Waals surface area contributed by atoms with Crippen molar-refractivity contribution in [2.24, 2.45) is 5.73 Å². The summed E-state index contributed by atoms with van der Waals surface area (Å²) in [6, 6.07) is 5.64. The zero-order valence-electron chi connectivity index (χ0n) is 12.3. The zero-order chi connectivity index (χ0) is 16.7. The third kappa shape index (κ3) is 5.08. The number of carbonyl (C=O) groups is 1. The van der Waals surface area contributed by atoms with Crippen molar-refractivity contribution >= 4 is 11.7 Å². The number of nitrogens with zero attached hydrogens (tertiary/aromatic N) is 2. The van der Waals surface area contributed by atoms with E-state index in [0.29, 0.717) is 12.8 Å². The van der Waals surface area contributed by atoms with Gasteiger partial charge in [0.25, 0.3) is 5.69 Å². The predicted octanol–water partition coefficient (Wildman–Crippen LogP) is 1.63. The Morgan fingerprint density at radius 3 is 2.74 bits per heavy atom. The molecule has 1 heterocycles. The standard InChI is InChI=1S/C14H17N5O4/c15-14(20)18-23-6-5-11(13-8-16-9-17-13)7-10-1-3-12(4-2-10)19(21)22/h1-4,8-9,11H,5-7H2,(H,16,17)(H3,15,18,20). The van der Waals surface area contributed by atoms with Gasteiger partial charge in [-0.1, -0.05) is 12.1 Å². The van der Waals surface area contributed by atoms with Crippen LogP contribution in [0.3, 0.4) is 0 Å². The molecule has 0 bridgehead atoms. The van der Waals surface area contributed by atoms with Crippen LogP contribution in [0.5, 0.6) is 0 Å². The van der Waals surface area contributed by atoms with Crippen LogP contribution < -0.4 is 11.2 Å². The number of aromatic nitrogens is 2. The molecule has 0 saturated carbocycles. The van der Waals surface area contributed by atoms with Crippen molar-refractivity contribution in [3.63, 3.8) is 0 Å². The lowest BCUT2D eigenvalue weighted by molar-refractivity contribution is -0.384. The number of hydrogen-bond acceptors (Lipinski definition) is 5. The van der Waals surface area contributed by atoms with Crippen molar-refractivity contribution in [3.8, 4) is 0 Å². The lowest BCUT2D eigenvalue weighted by atomic mass is 9.94. The fraction of sp³-hybridized carbons (Fsp3) is 0.286. The maximum atomic E-state index is 10.7. The van der Waals surface area contributed by atoms with Crippen LogP contribution in [0.25, 0.3) is 0 Å². The molecule has 1 atom stereocenters. The summed E-state index contributed by atoms with van der Waals surface area (Å²) in [7, 11) is 0. The van der Waals surface area contributed by atoms with Gasteiger partial charge in [0, 0.05) is 24.2 Å². The number of benzene rings is 1. The number of H-pyrrole nitrogens is 1. The van der Waals surface area contributed by atoms with E-state index in [2.05, 4.69) is 15.4 Å². The smallest absolute Gasteiger partial charge is 0.336 e. The van der Waals surface area contributed by atoms with Gasteiger partial charge in [0.1, 0.15) is 0 Å². The van der Waals surface area contributed by atoms with Crippen LogP contribution in [0.15, 0.2) is 36.8 Å². The summed E-state index contributed by atoms with van der Waals surface area (Å²) in [6.07, 6.45) is 4.61. The number of non-ortho nitro benzene ring substituents is 1. The second-order valence-corrected chi connectivity index (χ2v) is 4.92. The molecular weight excluding hydrogens is 302 g/mol. The molecule has 1 aromatic carbocycles. The summed E-state index contributed by atoms with van der Waals surface area (Å²) >= 11 is 0. The minimum absolute atomic E-state index is 0.0392. The van der Waals surface area contributed by atoms with E-state index in [0.717, 1.165) is 11.3 Å². The van der Waals surface area contributed by atoms with E-state index in [-0.39, 0.29) is 18.2 Å². The minimum atomic E-state index is -0.753. The lowest BCUT2D eigenvalue weighted by Crippen LogP contribution is -2.30. The summed E-state index contributed by atoms with van der Waals surface area (Å²) in [4.78, 5) is 32.9. The van der Waals surface area contributed by atoms with Crippen LogP contribution in [0.1, 0.15) is 23.6 Å². The van der Waals surface area contributed by atoms with Crippen LogP contribution in [-0.2, 0) is 11.3 Å². The highest BCUT2D eigenvalue weighted by atomic mass is 16.7. The first-order chi connectivity index (χ1) is 11.1. The van der Waals surface area contributed by atoms with E-state index in [1.807, 2.05) is 0 Å². The number of carbonyl (C=O) groups excluding carboxylic acids is 1. The molecule has 0 aliphatic rings. The summed E-state index contributed by atoms with van der Waals surface area (Å²) < 4.78 is 0. The fourth-order valence-electron chi connectivity index (χ4n) is 2.21. The molecule has 0 aliphatic carbocycles. The maximum Gasteiger partial charge on any atom is 0.336 e. The second kappa shape index (κ2) is 7.90. The van der Waals surface area contributed by atoms with Gasteiger partial charge in [-0.15, -0.1) is 0 Å². The van der Waals surface area contributed by atoms with Gasteiger partial charge in [-0.25, -0.2) is 15.3 Å². The summed E-state index contributed by atoms with van der Waals surface area (Å²) in [5.41, 5.74) is 8.84. The SMILES string of the molecule is NC(=O)NOCCC(Cc1ccc([N+](=O)[O-])cc1)c1c[nH]cn1. The van der Waals surface area contributed by atoms with Crippen LogP contribution in [0, 0.1) is 10.1 Å². The molecule has 9 nitrogen and oxygen atoms in total. The highest BCUT2D eigenvalue weighted by Gasteiger charge is 2.15. The Balaban J connectivity index is 1.99. The van der Waals surface area contributed by atoms with Crippen LogP contribution >= 0.6 is 0 Å². The molecule has 1 unspecified atom stereocenters. The number of amides is 2. The quantitative estimate of drug-likeness (QED) is 0.386. The molecule has 2 amide bonds. The molecular formula is C14H17N5O4. The molecule has 0 fully saturated rings. The van der Waals surface area contributed by atoms with Crippen molar-refractivity contribution in [2.45, 2.75) is 18.8 Å². The van der Waals surface area contributed by atoms with E-state index in [1.165, 1.54) is 12.1 Å². The van der Waals surface area contributed by atoms with Gasteiger partial charge < -0.3 is 10.7 Å². The van der Waals surface area contributed by atoms with Gasteiger partial charge in [0.15, 0.2) is 0 Å². The van der Waals surface area contributed by atoms with Gasteiger partial charge >= 0.3 is 6.03 Å². The Morgan fingerprint density at radius 1 is 1.43 bits per heavy atom. The van der Waals surface area contributed by atoms with E-state index in [1.54, 1.807) is 24.7 Å². The number of hydrogen-bond donors (Lipinski definition) is 3. The largest absolute Gasteiger partial charge is 0.351 e. The average Bonchev–Trinajstić information content (AvgIpc) is 3.05. The zero-order valence-corrected chi connectivity index (χ0v) is 12.3. The van der Waals surface area contributed by atoms with E-state index in [9.17, 15) is 14.9 Å². The first kappa shape index (κ1) is 16.4. The predicted molar refractivity (Wildman–Crippen MR) is 81.4 cm³/mol. The molecule has 2 aromatic rings. The van der Waals surface area contributed by atoms with Crippen molar-refractivity contribution in [1.29, 1.82) is 0 Å². The highest BCUT2D eigenvalue weighted by Crippen LogP contribution is 2.23. The maximum absolute atomic E-state index is 10.7. The van der Waals surface area contributed by atoms with Gasteiger partial charge in [-0.05, 0) is 18.4 Å². The van der Waals surface area contributed by atoms with Crippen LogP contribution in [-0.4, -0.2) is 27.5 Å². The molecule has 4 N–H and O–H groups in total. The van der Waals surface area contributed by atoms with Gasteiger partial charge in [0.2, 0.25) is 0 Å². The Hall–Kier alpha value is -2.94. The average molecular weight is 319 g/mol. The lowest BCUT2D eigenvalue weighted by Gasteiger charge is -2.15. The highest BCUT2D eigenvalue weighted by molar-refractivity contribution is 5.70. The Kier molecular flexibility index (Phi) is 5.64. The Bertz CT molecular complexity index is 642. The molecule has 1 aromatic heterocycles. The summed E-state index contributed by atoms with van der Waals surface area (Å²) in [5.74, 6) is 0.0392. The molecule has 0 radical (unpaired) electrons. The fourth-order valence-corrected chi connectivity index (χ4v) is 2.21. The van der Waals surface area contributed by atoms with E-state index < -0.39 is 11.0 Å². The second-order valence-electron chi connectivity index (χ2n) is 4.92. The van der Waals surface area contributed by atoms with E-state index in [4.69, 9.17) is 10.6 Å². The van der Waals surface area contributed by atoms with Gasteiger partial charge in [-0.2, -0.15) is 0 Å². The Labute approximate surface area is 132 Å². The number of nitro groups is 1. The number of rotatable bonds is 8. The number of aromatic amines is 1. The molecule has 0 spiro atoms. The number of urea groups is 1. The van der Waals surface area contributed by atoms with Crippen LogP contribution in [0.2, 0.25) is 0 Å². The normalized spacial score (nSPS) is 11.8. The number of nitrogens with two attached hydrogens (primary N) is 1. The number of primary amides is 1. The minimum Gasteiger partial charge on any atom is -0.351 e. The number of nitro benzene ring substituents is 1. The summed E-state index contributed by atoms with van der Waals surface area (Å²) in [6.45, 7) is 0.271. The molecule has 0 saturated heterocycles. The summed E-state index contributed by atoms with van der Waals surface area (Å²) in [5, 5.41) is 10.7. The number of nitrogens with one attached hydrogen (secondary N) is 2. The van der Waals surface area contributed by atoms with Crippen molar-refractivity contribution < 1.29 is 14.6 Å². The van der Waals surface area contributed by atoms with E-state index >= 15 is 0 Å². The monoisotopic (exact) mass is 319 g/mol. The van der Waals surface area contributed by atoms with Crippen molar-refractivity contribution in [3.05, 3.63) is 58.2 Å². The third-order valence-electron chi connectivity index (χ3n) is 3.31. The number of hydroxylamine groups is 1. The topological polar surface area (TPSA) is 136 Å². The van der Waals surface area contributed by atoms with Gasteiger partial charge in [-0.3, -0.25) is 15.0 Å². The Morgan fingerprint density at radius 2 is 2.17 bits per heavy atom. The molecule has 122 valence electrons. The molecule has 9 heteroatoms. The molecule has 2 rings (SSSR count). The van der Waals surface area contributed by atoms with Crippen LogP contribution in [0.4, 0.5) is 10.5 Å². The number of imidazole rings is 1. The first-order valence-electron chi connectivity index (χ1n) is 6.95.